The lowest BCUT2D eigenvalue weighted by Gasteiger charge is -2.30. The van der Waals surface area contributed by atoms with E-state index < -0.39 is 0 Å². The van der Waals surface area contributed by atoms with Gasteiger partial charge in [0.25, 0.3) is 5.91 Å². The van der Waals surface area contributed by atoms with Crippen LogP contribution in [0.1, 0.15) is 34.5 Å². The van der Waals surface area contributed by atoms with Gasteiger partial charge in [-0.05, 0) is 30.2 Å². The van der Waals surface area contributed by atoms with Crippen LogP contribution in [0.15, 0.2) is 91.0 Å². The Bertz CT molecular complexity index is 769. The highest BCUT2D eigenvalue weighted by atomic mass is 16.2. The molecule has 0 bridgehead atoms. The molecule has 0 saturated heterocycles. The predicted octanol–water partition coefficient (Wildman–Crippen LogP) is 5.09. The lowest BCUT2D eigenvalue weighted by atomic mass is 10.0. The van der Waals surface area contributed by atoms with Crippen LogP contribution in [0.25, 0.3) is 0 Å². The first kappa shape index (κ1) is 16.0. The maximum absolute atomic E-state index is 13.1. The Kier molecular flexibility index (Phi) is 5.07. The van der Waals surface area contributed by atoms with Crippen molar-refractivity contribution in [2.45, 2.75) is 19.5 Å². The Morgan fingerprint density at radius 2 is 1.29 bits per heavy atom. The van der Waals surface area contributed by atoms with Crippen molar-refractivity contribution in [2.24, 2.45) is 0 Å². The number of rotatable bonds is 5. The van der Waals surface area contributed by atoms with Crippen molar-refractivity contribution in [3.8, 4) is 0 Å². The van der Waals surface area contributed by atoms with Crippen LogP contribution in [0.3, 0.4) is 0 Å². The van der Waals surface area contributed by atoms with Crippen molar-refractivity contribution < 1.29 is 4.79 Å². The van der Waals surface area contributed by atoms with E-state index in [1.54, 1.807) is 0 Å². The van der Waals surface area contributed by atoms with Gasteiger partial charge < -0.3 is 4.90 Å². The van der Waals surface area contributed by atoms with Gasteiger partial charge in [0.05, 0.1) is 6.04 Å². The number of amides is 1. The number of hydrogen-bond donors (Lipinski definition) is 0. The lowest BCUT2D eigenvalue weighted by molar-refractivity contribution is 0.0674. The van der Waals surface area contributed by atoms with Crippen LogP contribution in [-0.2, 0) is 6.54 Å². The van der Waals surface area contributed by atoms with Gasteiger partial charge in [0.15, 0.2) is 0 Å². The molecule has 2 heteroatoms. The van der Waals surface area contributed by atoms with Crippen molar-refractivity contribution in [3.63, 3.8) is 0 Å². The van der Waals surface area contributed by atoms with Gasteiger partial charge in [-0.3, -0.25) is 4.79 Å². The molecule has 3 aromatic rings. The van der Waals surface area contributed by atoms with Gasteiger partial charge in [0, 0.05) is 12.1 Å². The first-order valence-electron chi connectivity index (χ1n) is 8.20. The highest BCUT2D eigenvalue weighted by Crippen LogP contribution is 2.24. The fourth-order valence-corrected chi connectivity index (χ4v) is 2.82. The molecule has 3 rings (SSSR count). The molecule has 120 valence electrons. The molecule has 0 fully saturated rings. The van der Waals surface area contributed by atoms with Crippen LogP contribution < -0.4 is 0 Å². The van der Waals surface area contributed by atoms with Gasteiger partial charge in [-0.15, -0.1) is 0 Å². The molecule has 1 atom stereocenters. The fourth-order valence-electron chi connectivity index (χ4n) is 2.82. The van der Waals surface area contributed by atoms with E-state index in [4.69, 9.17) is 0 Å². The standard InChI is InChI=1S/C22H21NO/c1-18(20-13-7-3-8-14-20)23(17-19-11-5-2-6-12-19)22(24)21-15-9-4-10-16-21/h2-16,18H,17H2,1H3/t18-/m1/s1. The maximum atomic E-state index is 13.1. The van der Waals surface area contributed by atoms with E-state index in [1.807, 2.05) is 71.6 Å². The smallest absolute Gasteiger partial charge is 0.254 e. The zero-order chi connectivity index (χ0) is 16.8. The second-order valence-electron chi connectivity index (χ2n) is 5.87. The van der Waals surface area contributed by atoms with Crippen LogP contribution in [0.4, 0.5) is 0 Å². The van der Waals surface area contributed by atoms with E-state index in [9.17, 15) is 4.79 Å². The molecule has 24 heavy (non-hydrogen) atoms. The summed E-state index contributed by atoms with van der Waals surface area (Å²) < 4.78 is 0. The van der Waals surface area contributed by atoms with Crippen molar-refractivity contribution in [1.29, 1.82) is 0 Å². The van der Waals surface area contributed by atoms with E-state index in [0.29, 0.717) is 6.54 Å². The Labute approximate surface area is 143 Å². The molecule has 0 unspecified atom stereocenters. The zero-order valence-electron chi connectivity index (χ0n) is 13.8. The van der Waals surface area contributed by atoms with Crippen LogP contribution >= 0.6 is 0 Å². The third-order valence-corrected chi connectivity index (χ3v) is 4.23. The van der Waals surface area contributed by atoms with Gasteiger partial charge in [-0.1, -0.05) is 78.9 Å². The second kappa shape index (κ2) is 7.60. The number of hydrogen-bond acceptors (Lipinski definition) is 1. The summed E-state index contributed by atoms with van der Waals surface area (Å²) >= 11 is 0. The van der Waals surface area contributed by atoms with Crippen molar-refractivity contribution >= 4 is 5.91 Å². The third kappa shape index (κ3) is 3.72. The molecule has 3 aromatic carbocycles. The summed E-state index contributed by atoms with van der Waals surface area (Å²) in [5.74, 6) is 0.0517. The Hall–Kier alpha value is -2.87. The molecule has 0 aromatic heterocycles. The normalized spacial score (nSPS) is 11.7. The van der Waals surface area contributed by atoms with Gasteiger partial charge in [-0.25, -0.2) is 0 Å². The highest BCUT2D eigenvalue weighted by Gasteiger charge is 2.22. The molecule has 0 aliphatic heterocycles. The Morgan fingerprint density at radius 1 is 0.792 bits per heavy atom. The molecule has 2 nitrogen and oxygen atoms in total. The zero-order valence-corrected chi connectivity index (χ0v) is 13.8. The molecule has 0 radical (unpaired) electrons. The van der Waals surface area contributed by atoms with E-state index in [0.717, 1.165) is 16.7 Å². The first-order chi connectivity index (χ1) is 11.8. The maximum Gasteiger partial charge on any atom is 0.254 e. The average molecular weight is 315 g/mol. The minimum absolute atomic E-state index is 0.000822. The van der Waals surface area contributed by atoms with Crippen molar-refractivity contribution in [2.75, 3.05) is 0 Å². The summed E-state index contributed by atoms with van der Waals surface area (Å²) in [5.41, 5.74) is 2.98. The summed E-state index contributed by atoms with van der Waals surface area (Å²) in [6.07, 6.45) is 0. The van der Waals surface area contributed by atoms with Crippen LogP contribution in [0.2, 0.25) is 0 Å². The molecular formula is C22H21NO. The lowest BCUT2D eigenvalue weighted by Crippen LogP contribution is -2.33. The number of carbonyl (C=O) groups excluding carboxylic acids is 1. The van der Waals surface area contributed by atoms with E-state index in [2.05, 4.69) is 31.2 Å². The molecule has 0 saturated carbocycles. The third-order valence-electron chi connectivity index (χ3n) is 4.23. The van der Waals surface area contributed by atoms with E-state index in [1.165, 1.54) is 0 Å². The average Bonchev–Trinajstić information content (AvgIpc) is 2.67. The van der Waals surface area contributed by atoms with Crippen LogP contribution in [-0.4, -0.2) is 10.8 Å². The molecule has 0 aliphatic rings. The number of carbonyl (C=O) groups is 1. The Balaban J connectivity index is 1.93. The summed E-state index contributed by atoms with van der Waals surface area (Å²) in [4.78, 5) is 15.0. The van der Waals surface area contributed by atoms with Crippen LogP contribution in [0.5, 0.6) is 0 Å². The largest absolute Gasteiger partial charge is 0.328 e. The second-order valence-corrected chi connectivity index (χ2v) is 5.87. The quantitative estimate of drug-likeness (QED) is 0.642. The molecule has 1 amide bonds. The molecule has 0 N–H and O–H groups in total. The number of nitrogens with zero attached hydrogens (tertiary/aromatic N) is 1. The highest BCUT2D eigenvalue weighted by molar-refractivity contribution is 5.94. The number of benzene rings is 3. The Morgan fingerprint density at radius 3 is 1.88 bits per heavy atom. The van der Waals surface area contributed by atoms with Gasteiger partial charge >= 0.3 is 0 Å². The monoisotopic (exact) mass is 315 g/mol. The fraction of sp³-hybridized carbons (Fsp3) is 0.136. The van der Waals surface area contributed by atoms with Gasteiger partial charge in [-0.2, -0.15) is 0 Å². The first-order valence-corrected chi connectivity index (χ1v) is 8.20. The van der Waals surface area contributed by atoms with Crippen molar-refractivity contribution in [3.05, 3.63) is 108 Å². The SMILES string of the molecule is C[C@H](c1ccccc1)N(Cc1ccccc1)C(=O)c1ccccc1. The molecular weight excluding hydrogens is 294 g/mol. The summed E-state index contributed by atoms with van der Waals surface area (Å²) in [7, 11) is 0. The van der Waals surface area contributed by atoms with E-state index in [-0.39, 0.29) is 11.9 Å². The van der Waals surface area contributed by atoms with Gasteiger partial charge in [0.1, 0.15) is 0 Å². The molecule has 0 spiro atoms. The minimum atomic E-state index is -0.000822. The summed E-state index contributed by atoms with van der Waals surface area (Å²) in [5, 5.41) is 0. The molecule has 0 aliphatic carbocycles. The summed E-state index contributed by atoms with van der Waals surface area (Å²) in [6.45, 7) is 2.67. The van der Waals surface area contributed by atoms with E-state index >= 15 is 0 Å². The summed E-state index contributed by atoms with van der Waals surface area (Å²) in [6, 6.07) is 29.8. The van der Waals surface area contributed by atoms with Gasteiger partial charge in [0.2, 0.25) is 0 Å². The predicted molar refractivity (Wildman–Crippen MR) is 97.6 cm³/mol. The topological polar surface area (TPSA) is 20.3 Å². The van der Waals surface area contributed by atoms with Crippen LogP contribution in [0, 0.1) is 0 Å². The van der Waals surface area contributed by atoms with Crippen molar-refractivity contribution in [1.82, 2.24) is 4.90 Å². The minimum Gasteiger partial charge on any atom is -0.328 e. The molecule has 0 heterocycles.